The zero-order chi connectivity index (χ0) is 43.8. The molecule has 308 valence electrons. The van der Waals surface area contributed by atoms with Gasteiger partial charge in [-0.3, -0.25) is 14.4 Å². The summed E-state index contributed by atoms with van der Waals surface area (Å²) in [4.78, 5) is 54.6. The van der Waals surface area contributed by atoms with Crippen LogP contribution >= 0.6 is 45.7 Å². The summed E-state index contributed by atoms with van der Waals surface area (Å²) in [6, 6.07) is 20.5. The molecule has 61 heavy (non-hydrogen) atoms. The molecule has 4 heterocycles. The molecular formula is C40H26F4N8O5S4. The minimum absolute atomic E-state index is 0.0213. The van der Waals surface area contributed by atoms with Crippen molar-refractivity contribution in [3.63, 3.8) is 0 Å². The number of halogens is 4. The van der Waals surface area contributed by atoms with Crippen LogP contribution in [0.2, 0.25) is 0 Å². The molecule has 8 aromatic rings. The van der Waals surface area contributed by atoms with Gasteiger partial charge in [-0.05, 0) is 82.7 Å². The number of rotatable bonds is 9. The first kappa shape index (κ1) is 43.4. The van der Waals surface area contributed by atoms with Crippen LogP contribution in [0.1, 0.15) is 41.7 Å². The summed E-state index contributed by atoms with van der Waals surface area (Å²) in [7, 11) is 0. The smallest absolute Gasteiger partial charge is 0.355 e. The number of anilines is 2. The summed E-state index contributed by atoms with van der Waals surface area (Å²) in [5, 5.41) is 14.1. The molecule has 0 unspecified atom stereocenters. The highest BCUT2D eigenvalue weighted by molar-refractivity contribution is 7.13. The predicted molar refractivity (Wildman–Crippen MR) is 226 cm³/mol. The summed E-state index contributed by atoms with van der Waals surface area (Å²) in [6.07, 6.45) is 3.10. The average Bonchev–Trinajstić information content (AvgIpc) is 4.07. The van der Waals surface area contributed by atoms with Crippen molar-refractivity contribution in [2.75, 3.05) is 11.1 Å². The van der Waals surface area contributed by atoms with E-state index in [0.717, 1.165) is 74.5 Å². The monoisotopic (exact) mass is 902 g/mol. The van der Waals surface area contributed by atoms with E-state index in [0.29, 0.717) is 27.4 Å². The number of nitrogen functional groups attached to an aromatic ring is 1. The Morgan fingerprint density at radius 1 is 0.590 bits per heavy atom. The number of carbonyl (C=O) groups is 4. The Balaban J connectivity index is 0.000000169. The van der Waals surface area contributed by atoms with Crippen molar-refractivity contribution in [1.82, 2.24) is 18.7 Å². The number of nitrogens with one attached hydrogen (secondary N) is 1. The Kier molecular flexibility index (Phi) is 13.7. The lowest BCUT2D eigenvalue weighted by molar-refractivity contribution is 0.0690. The first-order chi connectivity index (χ1) is 29.2. The van der Waals surface area contributed by atoms with Crippen molar-refractivity contribution in [3.8, 4) is 42.0 Å². The number of carboxylic acid groups (broad SMARTS) is 1. The van der Waals surface area contributed by atoms with Crippen LogP contribution in [0.3, 0.4) is 0 Å². The quantitative estimate of drug-likeness (QED) is 0.0864. The van der Waals surface area contributed by atoms with Gasteiger partial charge >= 0.3 is 5.97 Å². The van der Waals surface area contributed by atoms with E-state index < -0.39 is 47.0 Å². The second kappa shape index (κ2) is 19.2. The number of carboxylic acids is 1. The van der Waals surface area contributed by atoms with Gasteiger partial charge in [0, 0.05) is 21.9 Å². The van der Waals surface area contributed by atoms with Crippen molar-refractivity contribution in [3.05, 3.63) is 154 Å². The molecule has 4 aromatic carbocycles. The molecule has 0 atom stereocenters. The molecule has 21 heteroatoms. The number of hydrogen-bond donors (Lipinski definition) is 5. The maximum Gasteiger partial charge on any atom is 0.355 e. The second-order valence-corrected chi connectivity index (χ2v) is 15.4. The molecule has 0 radical (unpaired) electrons. The Labute approximate surface area is 358 Å². The summed E-state index contributed by atoms with van der Waals surface area (Å²) in [6.45, 7) is 0. The topological polar surface area (TPSA) is 230 Å². The van der Waals surface area contributed by atoms with Gasteiger partial charge < -0.3 is 27.6 Å². The summed E-state index contributed by atoms with van der Waals surface area (Å²) < 4.78 is 62.7. The van der Waals surface area contributed by atoms with Crippen molar-refractivity contribution in [2.45, 2.75) is 0 Å². The third kappa shape index (κ3) is 10.3. The number of benzene rings is 4. The molecule has 0 saturated carbocycles. The van der Waals surface area contributed by atoms with Crippen LogP contribution in [0, 0.1) is 23.3 Å². The first-order valence-corrected chi connectivity index (χ1v) is 20.3. The molecule has 0 aliphatic rings. The van der Waals surface area contributed by atoms with E-state index in [-0.39, 0.29) is 32.5 Å². The van der Waals surface area contributed by atoms with Crippen molar-refractivity contribution >= 4 is 80.8 Å². The van der Waals surface area contributed by atoms with Gasteiger partial charge in [0.25, 0.3) is 5.91 Å². The van der Waals surface area contributed by atoms with Gasteiger partial charge in [-0.25, -0.2) is 32.3 Å². The average molecular weight is 903 g/mol. The lowest BCUT2D eigenvalue weighted by atomic mass is 10.1. The highest BCUT2D eigenvalue weighted by atomic mass is 32.1. The van der Waals surface area contributed by atoms with Crippen LogP contribution in [0.5, 0.6) is 0 Å². The van der Waals surface area contributed by atoms with Crippen LogP contribution in [-0.4, -0.2) is 47.5 Å². The van der Waals surface area contributed by atoms with Crippen molar-refractivity contribution in [2.24, 2.45) is 11.5 Å². The normalized spacial score (nSPS) is 10.5. The zero-order valence-corrected chi connectivity index (χ0v) is 33.9. The van der Waals surface area contributed by atoms with Crippen LogP contribution < -0.4 is 22.5 Å². The van der Waals surface area contributed by atoms with E-state index >= 15 is 0 Å². The van der Waals surface area contributed by atoms with E-state index in [1.807, 2.05) is 12.1 Å². The molecule has 0 saturated heterocycles. The predicted octanol–water partition coefficient (Wildman–Crippen LogP) is 8.84. The number of thiazole rings is 2. The third-order valence-corrected chi connectivity index (χ3v) is 11.5. The van der Waals surface area contributed by atoms with Gasteiger partial charge in [0.15, 0.2) is 5.69 Å². The fourth-order valence-electron chi connectivity index (χ4n) is 5.15. The maximum absolute atomic E-state index is 14.0. The van der Waals surface area contributed by atoms with Gasteiger partial charge in [-0.1, -0.05) is 36.4 Å². The molecule has 8 N–H and O–H groups in total. The van der Waals surface area contributed by atoms with Gasteiger partial charge in [0.05, 0.1) is 44.6 Å². The molecule has 0 spiro atoms. The Morgan fingerprint density at radius 3 is 1.44 bits per heavy atom. The highest BCUT2D eigenvalue weighted by Gasteiger charge is 2.20. The maximum atomic E-state index is 14.0. The number of carbonyl (C=O) groups excluding carboxylic acids is 3. The van der Waals surface area contributed by atoms with Gasteiger partial charge in [0.2, 0.25) is 11.8 Å². The van der Waals surface area contributed by atoms with Crippen molar-refractivity contribution in [1.29, 1.82) is 0 Å². The van der Waals surface area contributed by atoms with Gasteiger partial charge in [-0.2, -0.15) is 8.75 Å². The van der Waals surface area contributed by atoms with Crippen LogP contribution in [0.25, 0.3) is 42.0 Å². The van der Waals surface area contributed by atoms with Crippen LogP contribution in [-0.2, 0) is 0 Å². The SMILES string of the molecule is NC(=O)c1ccc(-c2sncc2N)cc1.NC(=O)c1ccc(-c2sncc2NC(=O)c2csc(-c3c(F)cccc3F)n2)cc1.O=C(O)c1csc(-c2c(F)cccc2F)n1. The third-order valence-electron chi connectivity index (χ3n) is 8.09. The minimum Gasteiger partial charge on any atom is -0.476 e. The molecule has 8 rings (SSSR count). The summed E-state index contributed by atoms with van der Waals surface area (Å²) in [5.74, 6) is -5.75. The zero-order valence-electron chi connectivity index (χ0n) is 30.6. The number of aromatic carboxylic acids is 1. The minimum atomic E-state index is -1.22. The van der Waals surface area contributed by atoms with Crippen LogP contribution in [0.4, 0.5) is 28.9 Å². The number of primary amides is 2. The summed E-state index contributed by atoms with van der Waals surface area (Å²) in [5.41, 5.74) is 19.0. The fourth-order valence-corrected chi connectivity index (χ4v) is 8.21. The molecule has 0 fully saturated rings. The molecule has 0 aliphatic carbocycles. The Morgan fingerprint density at radius 2 is 1.02 bits per heavy atom. The molecular weight excluding hydrogens is 877 g/mol. The van der Waals surface area contributed by atoms with Crippen LogP contribution in [0.15, 0.2) is 108 Å². The number of aromatic nitrogens is 4. The molecule has 0 aliphatic heterocycles. The van der Waals surface area contributed by atoms with Crippen molar-refractivity contribution < 1.29 is 41.8 Å². The molecule has 4 aromatic heterocycles. The first-order valence-electron chi connectivity index (χ1n) is 17.0. The number of nitrogens with two attached hydrogens (primary N) is 3. The molecule has 0 bridgehead atoms. The van der Waals surface area contributed by atoms with E-state index in [1.165, 1.54) is 40.6 Å². The number of hydrogen-bond acceptors (Lipinski definition) is 13. The summed E-state index contributed by atoms with van der Waals surface area (Å²) >= 11 is 4.34. The molecule has 3 amide bonds. The van der Waals surface area contributed by atoms with Gasteiger partial charge in [0.1, 0.15) is 39.0 Å². The lowest BCUT2D eigenvalue weighted by Gasteiger charge is -2.05. The highest BCUT2D eigenvalue weighted by Crippen LogP contribution is 2.34. The second-order valence-electron chi connectivity index (χ2n) is 12.1. The number of amides is 3. The lowest BCUT2D eigenvalue weighted by Crippen LogP contribution is -2.12. The van der Waals surface area contributed by atoms with E-state index in [9.17, 15) is 36.7 Å². The van der Waals surface area contributed by atoms with E-state index in [1.54, 1.807) is 42.6 Å². The standard InChI is InChI=1S/C20H12F2N4O2S2.C10H5F2NO2S.C10H9N3OS/c21-12-2-1-3-13(22)16(12)20-26-15(9-29-20)19(28)25-14-8-24-30-17(14)10-4-6-11(7-5-10)18(23)27;11-5-2-1-3-6(12)8(5)9-13-7(4-16-9)10(14)15;11-8-5-13-15-9(8)6-1-3-7(4-2-6)10(12)14/h1-9H,(H2,23,27)(H,25,28);1-4H,(H,14,15);1-5H,11H2,(H2,12,14). The Hall–Kier alpha value is -7.20. The fraction of sp³-hybridized carbons (Fsp3) is 0. The largest absolute Gasteiger partial charge is 0.476 e. The number of nitrogens with zero attached hydrogens (tertiary/aromatic N) is 4. The molecule has 13 nitrogen and oxygen atoms in total. The van der Waals surface area contributed by atoms with E-state index in [4.69, 9.17) is 22.3 Å². The Bertz CT molecular complexity index is 2840. The van der Waals surface area contributed by atoms with Gasteiger partial charge in [-0.15, -0.1) is 22.7 Å². The van der Waals surface area contributed by atoms with E-state index in [2.05, 4.69) is 24.0 Å².